The standard InChI is InChI=1S/C22H22N6O2.C18H18N6O3/c1-14-13-30-10-9-28(14)20-11-17(15-3-6-23-12-19(15)29-2)16-4-7-24-22(21(16)26-20)18-5-8-25-27-18;25-18-24(7-10-27-18)14-11-15(23-5-8-26-9-6-23)21-16-12(14)1-3-19-17(16)13-2-4-20-22-13/h3-8,11-12,14H,9-10,13H2,1-2H3,(H,25,27);1-4,11H,5-10H2,(H,20,22)/t14-;/m1./s1. The summed E-state index contributed by atoms with van der Waals surface area (Å²) in [4.78, 5) is 41.6. The summed E-state index contributed by atoms with van der Waals surface area (Å²) in [7, 11) is 1.66. The molecule has 17 nitrogen and oxygen atoms in total. The lowest BCUT2D eigenvalue weighted by Gasteiger charge is -2.34. The number of ether oxygens (including phenoxy) is 4. The molecule has 3 fully saturated rings. The number of hydrogen-bond acceptors (Lipinski definition) is 14. The zero-order valence-corrected chi connectivity index (χ0v) is 31.5. The van der Waals surface area contributed by atoms with Crippen molar-refractivity contribution >= 4 is 45.2 Å². The van der Waals surface area contributed by atoms with E-state index in [1.165, 1.54) is 0 Å². The highest BCUT2D eigenvalue weighted by Crippen LogP contribution is 2.39. The molecule has 0 unspecified atom stereocenters. The van der Waals surface area contributed by atoms with Gasteiger partial charge >= 0.3 is 6.09 Å². The molecule has 0 aliphatic carbocycles. The number of cyclic esters (lactones) is 1. The predicted molar refractivity (Wildman–Crippen MR) is 213 cm³/mol. The Morgan fingerprint density at radius 3 is 2.11 bits per heavy atom. The predicted octanol–water partition coefficient (Wildman–Crippen LogP) is 5.13. The topological polar surface area (TPSA) is 186 Å². The minimum atomic E-state index is -0.338. The molecule has 0 radical (unpaired) electrons. The summed E-state index contributed by atoms with van der Waals surface area (Å²) in [6.07, 6.45) is 10.1. The smallest absolute Gasteiger partial charge is 0.414 e. The number of methoxy groups -OCH3 is 1. The summed E-state index contributed by atoms with van der Waals surface area (Å²) in [5.41, 5.74) is 7.38. The Morgan fingerprint density at radius 2 is 1.44 bits per heavy atom. The number of morpholine rings is 2. The van der Waals surface area contributed by atoms with Gasteiger partial charge in [0.05, 0.1) is 69.4 Å². The quantitative estimate of drug-likeness (QED) is 0.217. The first-order valence-corrected chi connectivity index (χ1v) is 18.8. The minimum absolute atomic E-state index is 0.225. The number of rotatable bonds is 7. The third-order valence-electron chi connectivity index (χ3n) is 10.3. The van der Waals surface area contributed by atoms with Gasteiger partial charge in [0.25, 0.3) is 0 Å². The van der Waals surface area contributed by atoms with Crippen molar-refractivity contribution in [3.05, 3.63) is 79.6 Å². The number of nitrogens with zero attached hydrogens (tertiary/aromatic N) is 10. The van der Waals surface area contributed by atoms with E-state index >= 15 is 0 Å². The van der Waals surface area contributed by atoms with Crippen LogP contribution in [0.25, 0.3) is 55.7 Å². The van der Waals surface area contributed by atoms with Gasteiger partial charge in [-0.1, -0.05) is 0 Å². The van der Waals surface area contributed by atoms with Crippen molar-refractivity contribution in [1.82, 2.24) is 45.3 Å². The molecule has 10 rings (SSSR count). The van der Waals surface area contributed by atoms with E-state index in [0.29, 0.717) is 51.0 Å². The van der Waals surface area contributed by atoms with Gasteiger partial charge in [-0.05, 0) is 48.9 Å². The number of aromatic amines is 2. The molecule has 3 saturated heterocycles. The van der Waals surface area contributed by atoms with Gasteiger partial charge in [-0.25, -0.2) is 14.8 Å². The Labute approximate surface area is 327 Å². The third-order valence-corrected chi connectivity index (χ3v) is 10.3. The fraction of sp³-hybridized carbons (Fsp3) is 0.300. The summed E-state index contributed by atoms with van der Waals surface area (Å²) in [5.74, 6) is 2.40. The molecule has 10 heterocycles. The van der Waals surface area contributed by atoms with E-state index in [-0.39, 0.29) is 12.1 Å². The molecule has 7 aromatic rings. The summed E-state index contributed by atoms with van der Waals surface area (Å²) in [6.45, 7) is 8.00. The molecule has 7 aromatic heterocycles. The van der Waals surface area contributed by atoms with E-state index in [2.05, 4.69) is 58.1 Å². The zero-order valence-electron chi connectivity index (χ0n) is 31.5. The molecule has 3 aliphatic heterocycles. The van der Waals surface area contributed by atoms with Crippen molar-refractivity contribution in [3.63, 3.8) is 0 Å². The number of carbonyl (C=O) groups is 1. The minimum Gasteiger partial charge on any atom is -0.494 e. The number of fused-ring (bicyclic) bond motifs is 2. The normalized spacial score (nSPS) is 17.1. The van der Waals surface area contributed by atoms with Gasteiger partial charge in [0.15, 0.2) is 0 Å². The fourth-order valence-corrected chi connectivity index (χ4v) is 7.42. The van der Waals surface area contributed by atoms with Crippen molar-refractivity contribution in [2.24, 2.45) is 0 Å². The first kappa shape index (κ1) is 35.9. The van der Waals surface area contributed by atoms with Crippen LogP contribution in [0.4, 0.5) is 22.1 Å². The molecule has 0 aromatic carbocycles. The Kier molecular flexibility index (Phi) is 9.96. The van der Waals surface area contributed by atoms with Crippen LogP contribution in [0.5, 0.6) is 5.75 Å². The Balaban J connectivity index is 0.000000149. The highest BCUT2D eigenvalue weighted by molar-refractivity contribution is 6.05. The van der Waals surface area contributed by atoms with Crippen molar-refractivity contribution in [1.29, 1.82) is 0 Å². The maximum atomic E-state index is 12.2. The van der Waals surface area contributed by atoms with Crippen LogP contribution in [0.15, 0.2) is 79.6 Å². The van der Waals surface area contributed by atoms with Gasteiger partial charge in [0, 0.05) is 73.0 Å². The average molecular weight is 769 g/mol. The van der Waals surface area contributed by atoms with Crippen LogP contribution >= 0.6 is 0 Å². The Hall–Kier alpha value is -6.72. The lowest BCUT2D eigenvalue weighted by Crippen LogP contribution is -2.44. The summed E-state index contributed by atoms with van der Waals surface area (Å²) >= 11 is 0. The zero-order chi connectivity index (χ0) is 38.7. The third kappa shape index (κ3) is 7.02. The van der Waals surface area contributed by atoms with Crippen LogP contribution < -0.4 is 19.4 Å². The van der Waals surface area contributed by atoms with Crippen LogP contribution in [0.3, 0.4) is 0 Å². The molecule has 57 heavy (non-hydrogen) atoms. The number of hydrogen-bond donors (Lipinski definition) is 2. The van der Waals surface area contributed by atoms with E-state index in [1.54, 1.807) is 49.2 Å². The van der Waals surface area contributed by atoms with E-state index < -0.39 is 0 Å². The molecule has 1 amide bonds. The number of aromatic nitrogens is 9. The molecule has 0 saturated carbocycles. The summed E-state index contributed by atoms with van der Waals surface area (Å²) < 4.78 is 21.9. The lowest BCUT2D eigenvalue weighted by molar-refractivity contribution is 0.0986. The number of H-pyrrole nitrogens is 2. The largest absolute Gasteiger partial charge is 0.494 e. The molecular weight excluding hydrogens is 729 g/mol. The second-order valence-corrected chi connectivity index (χ2v) is 13.6. The van der Waals surface area contributed by atoms with Gasteiger partial charge < -0.3 is 28.7 Å². The number of carbonyl (C=O) groups excluding carboxylic acids is 1. The molecular formula is C40H40N12O5. The highest BCUT2D eigenvalue weighted by atomic mass is 16.6. The maximum Gasteiger partial charge on any atom is 0.414 e. The number of pyridine rings is 5. The molecule has 2 N–H and O–H groups in total. The molecule has 0 spiro atoms. The van der Waals surface area contributed by atoms with Gasteiger partial charge in [0.2, 0.25) is 0 Å². The maximum absolute atomic E-state index is 12.2. The van der Waals surface area contributed by atoms with Crippen LogP contribution in [0.1, 0.15) is 6.92 Å². The summed E-state index contributed by atoms with van der Waals surface area (Å²) in [6, 6.07) is 13.9. The Bertz CT molecular complexity index is 2510. The summed E-state index contributed by atoms with van der Waals surface area (Å²) in [5, 5.41) is 15.9. The Morgan fingerprint density at radius 1 is 0.737 bits per heavy atom. The molecule has 1 atom stereocenters. The van der Waals surface area contributed by atoms with Crippen molar-refractivity contribution in [3.8, 4) is 39.7 Å². The van der Waals surface area contributed by atoms with Crippen LogP contribution in [-0.4, -0.2) is 124 Å². The van der Waals surface area contributed by atoms with Gasteiger partial charge in [-0.2, -0.15) is 10.2 Å². The van der Waals surface area contributed by atoms with E-state index in [9.17, 15) is 4.79 Å². The molecule has 0 bridgehead atoms. The lowest BCUT2D eigenvalue weighted by atomic mass is 10.00. The van der Waals surface area contributed by atoms with Gasteiger partial charge in [-0.15, -0.1) is 0 Å². The fourth-order valence-electron chi connectivity index (χ4n) is 7.42. The first-order chi connectivity index (χ1) is 28.1. The SMILES string of the molecule is COc1cnccc1-c1cc(N2CCOC[C@H]2C)nc2c(-c3ccn[nH]3)nccc12.O=C1OCCN1c1cc(N2CCOCC2)nc2c(-c3ccn[nH]3)nccc12. The molecule has 3 aliphatic rings. The second kappa shape index (κ2) is 15.8. The van der Waals surface area contributed by atoms with Crippen LogP contribution in [0, 0.1) is 0 Å². The van der Waals surface area contributed by atoms with E-state index in [4.69, 9.17) is 28.9 Å². The van der Waals surface area contributed by atoms with Gasteiger partial charge in [-0.3, -0.25) is 30.0 Å². The van der Waals surface area contributed by atoms with Crippen LogP contribution in [0.2, 0.25) is 0 Å². The highest BCUT2D eigenvalue weighted by Gasteiger charge is 2.28. The van der Waals surface area contributed by atoms with Crippen molar-refractivity contribution in [2.75, 3.05) is 81.0 Å². The van der Waals surface area contributed by atoms with E-state index in [0.717, 1.165) is 87.0 Å². The first-order valence-electron chi connectivity index (χ1n) is 18.8. The monoisotopic (exact) mass is 768 g/mol. The van der Waals surface area contributed by atoms with Gasteiger partial charge in [0.1, 0.15) is 46.4 Å². The number of anilines is 3. The molecule has 17 heteroatoms. The van der Waals surface area contributed by atoms with E-state index in [1.807, 2.05) is 36.4 Å². The molecule has 290 valence electrons. The van der Waals surface area contributed by atoms with Crippen molar-refractivity contribution < 1.29 is 23.7 Å². The van der Waals surface area contributed by atoms with Crippen LogP contribution in [-0.2, 0) is 14.2 Å². The number of nitrogens with one attached hydrogen (secondary N) is 2. The number of amides is 1. The van der Waals surface area contributed by atoms with Crippen molar-refractivity contribution in [2.45, 2.75) is 13.0 Å². The average Bonchev–Trinajstić information content (AvgIpc) is 4.08. The second-order valence-electron chi connectivity index (χ2n) is 13.6.